The van der Waals surface area contributed by atoms with E-state index in [0.29, 0.717) is 23.2 Å². The van der Waals surface area contributed by atoms with Crippen LogP contribution in [0.4, 0.5) is 5.69 Å². The molecule has 6 heteroatoms. The van der Waals surface area contributed by atoms with Crippen LogP contribution in [0.3, 0.4) is 0 Å². The number of rotatable bonds is 7. The summed E-state index contributed by atoms with van der Waals surface area (Å²) in [5.41, 5.74) is 0.673. The van der Waals surface area contributed by atoms with Gasteiger partial charge in [0.25, 0.3) is 0 Å². The molecular weight excluding hydrogens is 274 g/mol. The van der Waals surface area contributed by atoms with Crippen molar-refractivity contribution >= 4 is 15.7 Å². The molecule has 0 saturated carbocycles. The van der Waals surface area contributed by atoms with Crippen molar-refractivity contribution in [2.75, 3.05) is 25.0 Å². The van der Waals surface area contributed by atoms with Gasteiger partial charge in [-0.1, -0.05) is 19.1 Å². The van der Waals surface area contributed by atoms with Crippen molar-refractivity contribution in [2.24, 2.45) is 0 Å². The summed E-state index contributed by atoms with van der Waals surface area (Å²) in [6, 6.07) is 7.59. The van der Waals surface area contributed by atoms with E-state index >= 15 is 0 Å². The van der Waals surface area contributed by atoms with Gasteiger partial charge in [0.2, 0.25) is 10.0 Å². The van der Waals surface area contributed by atoms with Gasteiger partial charge in [-0.15, -0.1) is 0 Å². The second-order valence-corrected chi connectivity index (χ2v) is 6.74. The van der Waals surface area contributed by atoms with E-state index in [4.69, 9.17) is 0 Å². The van der Waals surface area contributed by atoms with E-state index < -0.39 is 10.0 Å². The first-order valence-corrected chi connectivity index (χ1v) is 8.68. The van der Waals surface area contributed by atoms with Crippen LogP contribution in [0.2, 0.25) is 0 Å². The zero-order chi connectivity index (χ0) is 14.4. The van der Waals surface area contributed by atoms with Gasteiger partial charge < -0.3 is 10.6 Å². The van der Waals surface area contributed by atoms with E-state index in [-0.39, 0.29) is 0 Å². The number of benzene rings is 1. The second-order valence-electron chi connectivity index (χ2n) is 5.01. The third-order valence-electron chi connectivity index (χ3n) is 3.48. The number of sulfonamides is 1. The Morgan fingerprint density at radius 1 is 1.35 bits per heavy atom. The molecule has 0 unspecified atom stereocenters. The highest BCUT2D eigenvalue weighted by Crippen LogP contribution is 2.20. The van der Waals surface area contributed by atoms with Gasteiger partial charge in [0.1, 0.15) is 4.90 Å². The first-order valence-electron chi connectivity index (χ1n) is 7.19. The Hall–Kier alpha value is -1.11. The lowest BCUT2D eigenvalue weighted by Crippen LogP contribution is -2.26. The van der Waals surface area contributed by atoms with Crippen LogP contribution in [-0.2, 0) is 10.0 Å². The topological polar surface area (TPSA) is 70.2 Å². The van der Waals surface area contributed by atoms with Crippen LogP contribution in [0, 0.1) is 0 Å². The molecule has 1 heterocycles. The summed E-state index contributed by atoms with van der Waals surface area (Å²) in [4.78, 5) is 0.321. The van der Waals surface area contributed by atoms with Gasteiger partial charge >= 0.3 is 0 Å². The maximum absolute atomic E-state index is 12.1. The highest BCUT2D eigenvalue weighted by molar-refractivity contribution is 7.89. The third kappa shape index (κ3) is 3.94. The number of anilines is 1. The Balaban J connectivity index is 2.00. The molecule has 112 valence electrons. The quantitative estimate of drug-likeness (QED) is 0.714. The molecule has 1 aliphatic rings. The molecule has 3 N–H and O–H groups in total. The average molecular weight is 297 g/mol. The fraction of sp³-hybridized carbons (Fsp3) is 0.571. The van der Waals surface area contributed by atoms with E-state index in [2.05, 4.69) is 15.4 Å². The Morgan fingerprint density at radius 3 is 2.85 bits per heavy atom. The lowest BCUT2D eigenvalue weighted by Gasteiger charge is -2.14. The van der Waals surface area contributed by atoms with E-state index in [1.807, 2.05) is 12.1 Å². The molecule has 20 heavy (non-hydrogen) atoms. The second kappa shape index (κ2) is 7.06. The van der Waals surface area contributed by atoms with Crippen molar-refractivity contribution in [1.29, 1.82) is 0 Å². The zero-order valence-corrected chi connectivity index (χ0v) is 12.7. The maximum Gasteiger partial charge on any atom is 0.242 e. The monoisotopic (exact) mass is 297 g/mol. The number of para-hydroxylation sites is 1. The zero-order valence-electron chi connectivity index (χ0n) is 11.9. The molecule has 0 spiro atoms. The molecule has 1 fully saturated rings. The molecule has 1 atom stereocenters. The standard InChI is InChI=1S/C14H23N3O2S/c1-2-17-20(18,19)14-8-4-3-7-13(14)16-11-9-12-6-5-10-15-12/h3-4,7-8,12,15-17H,2,5-6,9-11H2,1H3/t12-/m1/s1. The van der Waals surface area contributed by atoms with Crippen molar-refractivity contribution in [2.45, 2.75) is 37.1 Å². The smallest absolute Gasteiger partial charge is 0.242 e. The lowest BCUT2D eigenvalue weighted by atomic mass is 10.1. The fourth-order valence-corrected chi connectivity index (χ4v) is 3.72. The molecule has 2 rings (SSSR count). The summed E-state index contributed by atoms with van der Waals surface area (Å²) in [6.45, 7) is 4.04. The molecule has 1 saturated heterocycles. The van der Waals surface area contributed by atoms with Crippen molar-refractivity contribution in [3.05, 3.63) is 24.3 Å². The average Bonchev–Trinajstić information content (AvgIpc) is 2.92. The highest BCUT2D eigenvalue weighted by Gasteiger charge is 2.17. The molecule has 1 aromatic carbocycles. The third-order valence-corrected chi connectivity index (χ3v) is 5.09. The molecule has 5 nitrogen and oxygen atoms in total. The Labute approximate surface area is 121 Å². The number of nitrogens with one attached hydrogen (secondary N) is 3. The normalized spacial score (nSPS) is 19.1. The Morgan fingerprint density at radius 2 is 2.15 bits per heavy atom. The Kier molecular flexibility index (Phi) is 5.39. The van der Waals surface area contributed by atoms with Crippen LogP contribution < -0.4 is 15.4 Å². The molecular formula is C14H23N3O2S. The SMILES string of the molecule is CCNS(=O)(=O)c1ccccc1NCC[C@H]1CCCN1. The molecule has 0 bridgehead atoms. The van der Waals surface area contributed by atoms with Crippen LogP contribution in [0.1, 0.15) is 26.2 Å². The molecule has 0 radical (unpaired) electrons. The maximum atomic E-state index is 12.1. The molecule has 1 aromatic rings. The van der Waals surface area contributed by atoms with Gasteiger partial charge in [0, 0.05) is 19.1 Å². The van der Waals surface area contributed by atoms with Crippen LogP contribution in [0.5, 0.6) is 0 Å². The molecule has 0 amide bonds. The molecule has 0 aromatic heterocycles. The van der Waals surface area contributed by atoms with Gasteiger partial charge in [-0.2, -0.15) is 0 Å². The minimum Gasteiger partial charge on any atom is -0.384 e. The van der Waals surface area contributed by atoms with Gasteiger partial charge in [0.05, 0.1) is 5.69 Å². The van der Waals surface area contributed by atoms with E-state index in [0.717, 1.165) is 19.5 Å². The largest absolute Gasteiger partial charge is 0.384 e. The summed E-state index contributed by atoms with van der Waals surface area (Å²) >= 11 is 0. The van der Waals surface area contributed by atoms with Crippen LogP contribution in [0.15, 0.2) is 29.2 Å². The van der Waals surface area contributed by atoms with Gasteiger partial charge in [-0.3, -0.25) is 0 Å². The van der Waals surface area contributed by atoms with Gasteiger partial charge in [-0.25, -0.2) is 13.1 Å². The number of hydrogen-bond donors (Lipinski definition) is 3. The molecule has 0 aliphatic carbocycles. The van der Waals surface area contributed by atoms with Crippen LogP contribution in [0.25, 0.3) is 0 Å². The van der Waals surface area contributed by atoms with E-state index in [1.54, 1.807) is 19.1 Å². The summed E-state index contributed by atoms with van der Waals surface area (Å²) in [6.07, 6.45) is 3.45. The predicted molar refractivity (Wildman–Crippen MR) is 81.4 cm³/mol. The highest BCUT2D eigenvalue weighted by atomic mass is 32.2. The van der Waals surface area contributed by atoms with E-state index in [9.17, 15) is 8.42 Å². The van der Waals surface area contributed by atoms with Crippen molar-refractivity contribution in [3.63, 3.8) is 0 Å². The van der Waals surface area contributed by atoms with E-state index in [1.165, 1.54) is 12.8 Å². The molecule has 1 aliphatic heterocycles. The minimum absolute atomic E-state index is 0.321. The Bertz CT molecular complexity index is 525. The predicted octanol–water partition coefficient (Wildman–Crippen LogP) is 1.54. The summed E-state index contributed by atoms with van der Waals surface area (Å²) in [5, 5.41) is 6.68. The van der Waals surface area contributed by atoms with Crippen molar-refractivity contribution in [3.8, 4) is 0 Å². The minimum atomic E-state index is -3.42. The summed E-state index contributed by atoms with van der Waals surface area (Å²) in [7, 11) is -3.42. The van der Waals surface area contributed by atoms with Gasteiger partial charge in [-0.05, 0) is 37.9 Å². The number of hydrogen-bond acceptors (Lipinski definition) is 4. The van der Waals surface area contributed by atoms with Crippen LogP contribution >= 0.6 is 0 Å². The van der Waals surface area contributed by atoms with Crippen molar-refractivity contribution < 1.29 is 8.42 Å². The van der Waals surface area contributed by atoms with Crippen LogP contribution in [-0.4, -0.2) is 34.1 Å². The first-order chi connectivity index (χ1) is 9.63. The first kappa shape index (κ1) is 15.3. The summed E-state index contributed by atoms with van der Waals surface area (Å²) in [5.74, 6) is 0. The fourth-order valence-electron chi connectivity index (χ4n) is 2.50. The van der Waals surface area contributed by atoms with Gasteiger partial charge in [0.15, 0.2) is 0 Å². The lowest BCUT2D eigenvalue weighted by molar-refractivity contribution is 0.573. The summed E-state index contributed by atoms with van der Waals surface area (Å²) < 4.78 is 26.7. The van der Waals surface area contributed by atoms with Crippen molar-refractivity contribution in [1.82, 2.24) is 10.0 Å².